The fourth-order valence-corrected chi connectivity index (χ4v) is 3.44. The molecule has 0 spiro atoms. The molecular weight excluding hydrogens is 280 g/mol. The Hall–Kier alpha value is -1.44. The van der Waals surface area contributed by atoms with E-state index in [2.05, 4.69) is 23.4 Å². The van der Waals surface area contributed by atoms with Gasteiger partial charge in [-0.2, -0.15) is 11.8 Å². The van der Waals surface area contributed by atoms with Crippen LogP contribution in [0.1, 0.15) is 40.7 Å². The minimum Gasteiger partial charge on any atom is -0.349 e. The summed E-state index contributed by atoms with van der Waals surface area (Å²) in [7, 11) is 0. The van der Waals surface area contributed by atoms with Crippen molar-refractivity contribution < 1.29 is 4.79 Å². The number of hydrogen-bond acceptors (Lipinski definition) is 3. The van der Waals surface area contributed by atoms with Gasteiger partial charge in [-0.3, -0.25) is 4.79 Å². The van der Waals surface area contributed by atoms with Crippen LogP contribution in [0.5, 0.6) is 0 Å². The number of benzene rings is 1. The predicted octanol–water partition coefficient (Wildman–Crippen LogP) is 2.32. The van der Waals surface area contributed by atoms with Gasteiger partial charge in [0.05, 0.1) is 6.54 Å². The van der Waals surface area contributed by atoms with E-state index in [9.17, 15) is 4.79 Å². The first-order valence-electron chi connectivity index (χ1n) is 7.27. The highest BCUT2D eigenvalue weighted by Gasteiger charge is 2.25. The monoisotopic (exact) mass is 302 g/mol. The number of hydrogen-bond donors (Lipinski definition) is 2. The molecule has 1 aliphatic rings. The van der Waals surface area contributed by atoms with Crippen LogP contribution in [0.3, 0.4) is 0 Å². The lowest BCUT2D eigenvalue weighted by atomic mass is 10.0. The smallest absolute Gasteiger partial charge is 0.251 e. The van der Waals surface area contributed by atoms with Gasteiger partial charge in [0.2, 0.25) is 0 Å². The molecule has 112 valence electrons. The third-order valence-electron chi connectivity index (χ3n) is 3.87. The number of carbonyl (C=O) groups excluding carboxylic acids is 1. The minimum absolute atomic E-state index is 0.0168. The number of carbonyl (C=O) groups is 1. The quantitative estimate of drug-likeness (QED) is 0.843. The summed E-state index contributed by atoms with van der Waals surface area (Å²) in [4.78, 5) is 12.3. The standard InChI is InChI=1S/C17H22N2OS/c1-12-10-14(6-5-13(12)4-3-9-18)17(20)19-15-7-8-16(11-15)21-2/h5-6,10,15-16H,7-9,11,18H2,1-2H3,(H,19,20). The molecule has 2 atom stereocenters. The Bertz CT molecular complexity index is 574. The summed E-state index contributed by atoms with van der Waals surface area (Å²) in [5.41, 5.74) is 8.03. The largest absolute Gasteiger partial charge is 0.349 e. The third kappa shape index (κ3) is 4.26. The second kappa shape index (κ2) is 7.53. The summed E-state index contributed by atoms with van der Waals surface area (Å²) in [6.45, 7) is 2.32. The van der Waals surface area contributed by atoms with Gasteiger partial charge < -0.3 is 11.1 Å². The summed E-state index contributed by atoms with van der Waals surface area (Å²) in [6.07, 6.45) is 5.49. The fourth-order valence-electron chi connectivity index (χ4n) is 2.65. The number of thioether (sulfide) groups is 1. The maximum absolute atomic E-state index is 12.3. The Kier molecular flexibility index (Phi) is 5.72. The van der Waals surface area contributed by atoms with Crippen LogP contribution >= 0.6 is 11.8 Å². The van der Waals surface area contributed by atoms with E-state index in [4.69, 9.17) is 5.73 Å². The Morgan fingerprint density at radius 1 is 1.48 bits per heavy atom. The zero-order valence-corrected chi connectivity index (χ0v) is 13.4. The number of rotatable bonds is 3. The van der Waals surface area contributed by atoms with Gasteiger partial charge in [-0.15, -0.1) is 0 Å². The average Bonchev–Trinajstić information content (AvgIpc) is 2.93. The van der Waals surface area contributed by atoms with Gasteiger partial charge >= 0.3 is 0 Å². The van der Waals surface area contributed by atoms with Crippen molar-refractivity contribution in [1.29, 1.82) is 0 Å². The summed E-state index contributed by atoms with van der Waals surface area (Å²) in [5.74, 6) is 5.87. The lowest BCUT2D eigenvalue weighted by molar-refractivity contribution is 0.0938. The van der Waals surface area contributed by atoms with Crippen molar-refractivity contribution in [3.63, 3.8) is 0 Å². The second-order valence-electron chi connectivity index (χ2n) is 5.38. The predicted molar refractivity (Wildman–Crippen MR) is 89.5 cm³/mol. The van der Waals surface area contributed by atoms with Gasteiger partial charge in [-0.05, 0) is 56.2 Å². The number of nitrogens with one attached hydrogen (secondary N) is 1. The van der Waals surface area contributed by atoms with Gasteiger partial charge in [0.1, 0.15) is 0 Å². The Labute approximate surface area is 131 Å². The van der Waals surface area contributed by atoms with Gasteiger partial charge in [0.15, 0.2) is 0 Å². The van der Waals surface area contributed by atoms with Crippen LogP contribution in [0.2, 0.25) is 0 Å². The molecule has 1 amide bonds. The van der Waals surface area contributed by atoms with E-state index >= 15 is 0 Å². The fraction of sp³-hybridized carbons (Fsp3) is 0.471. The van der Waals surface area contributed by atoms with Crippen LogP contribution in [0.4, 0.5) is 0 Å². The van der Waals surface area contributed by atoms with Crippen molar-refractivity contribution in [3.8, 4) is 11.8 Å². The lowest BCUT2D eigenvalue weighted by Gasteiger charge is -2.13. The SMILES string of the molecule is CSC1CCC(NC(=O)c2ccc(C#CCN)c(C)c2)C1. The Morgan fingerprint density at radius 2 is 2.29 bits per heavy atom. The summed E-state index contributed by atoms with van der Waals surface area (Å²) >= 11 is 1.89. The van der Waals surface area contributed by atoms with E-state index in [1.54, 1.807) is 0 Å². The van der Waals surface area contributed by atoms with Gasteiger partial charge in [0.25, 0.3) is 5.91 Å². The average molecular weight is 302 g/mol. The maximum atomic E-state index is 12.3. The zero-order valence-electron chi connectivity index (χ0n) is 12.6. The molecular formula is C17H22N2OS. The molecule has 1 aromatic rings. The Morgan fingerprint density at radius 3 is 2.90 bits per heavy atom. The summed E-state index contributed by atoms with van der Waals surface area (Å²) < 4.78 is 0. The molecule has 0 bridgehead atoms. The first-order valence-corrected chi connectivity index (χ1v) is 8.56. The second-order valence-corrected chi connectivity index (χ2v) is 6.51. The van der Waals surface area contributed by atoms with E-state index in [1.165, 1.54) is 6.42 Å². The van der Waals surface area contributed by atoms with Crippen molar-refractivity contribution in [2.75, 3.05) is 12.8 Å². The highest BCUT2D eigenvalue weighted by molar-refractivity contribution is 7.99. The first-order chi connectivity index (χ1) is 10.1. The molecule has 2 unspecified atom stereocenters. The van der Waals surface area contributed by atoms with Crippen LogP contribution in [-0.4, -0.2) is 30.0 Å². The molecule has 3 nitrogen and oxygen atoms in total. The van der Waals surface area contributed by atoms with Crippen molar-refractivity contribution in [1.82, 2.24) is 5.32 Å². The molecule has 1 fully saturated rings. The molecule has 0 aliphatic heterocycles. The first kappa shape index (κ1) is 15.9. The molecule has 1 aromatic carbocycles. The van der Waals surface area contributed by atoms with Crippen molar-refractivity contribution in [2.45, 2.75) is 37.5 Å². The summed E-state index contributed by atoms with van der Waals surface area (Å²) in [5, 5.41) is 3.83. The zero-order chi connectivity index (χ0) is 15.2. The molecule has 0 radical (unpaired) electrons. The number of aryl methyl sites for hydroxylation is 1. The van der Waals surface area contributed by atoms with Crippen LogP contribution in [0, 0.1) is 18.8 Å². The lowest BCUT2D eigenvalue weighted by Crippen LogP contribution is -2.33. The van der Waals surface area contributed by atoms with Crippen LogP contribution in [0.15, 0.2) is 18.2 Å². The minimum atomic E-state index is 0.0168. The number of amides is 1. The van der Waals surface area contributed by atoms with Gasteiger partial charge in [0, 0.05) is 22.4 Å². The molecule has 2 rings (SSSR count). The van der Waals surface area contributed by atoms with Crippen molar-refractivity contribution >= 4 is 17.7 Å². The molecule has 1 aliphatic carbocycles. The van der Waals surface area contributed by atoms with Gasteiger partial charge in [-0.25, -0.2) is 0 Å². The van der Waals surface area contributed by atoms with Crippen LogP contribution in [-0.2, 0) is 0 Å². The summed E-state index contributed by atoms with van der Waals surface area (Å²) in [6, 6.07) is 5.94. The topological polar surface area (TPSA) is 55.1 Å². The molecule has 0 saturated heterocycles. The van der Waals surface area contributed by atoms with E-state index < -0.39 is 0 Å². The molecule has 1 saturated carbocycles. The van der Waals surface area contributed by atoms with E-state index in [0.717, 1.165) is 24.0 Å². The van der Waals surface area contributed by atoms with E-state index in [1.807, 2.05) is 36.9 Å². The number of nitrogens with two attached hydrogens (primary N) is 1. The van der Waals surface area contributed by atoms with E-state index in [-0.39, 0.29) is 5.91 Å². The van der Waals surface area contributed by atoms with Crippen molar-refractivity contribution in [3.05, 3.63) is 34.9 Å². The normalized spacial score (nSPS) is 20.7. The molecule has 21 heavy (non-hydrogen) atoms. The third-order valence-corrected chi connectivity index (χ3v) is 4.96. The highest BCUT2D eigenvalue weighted by Crippen LogP contribution is 2.28. The maximum Gasteiger partial charge on any atom is 0.251 e. The molecule has 0 aromatic heterocycles. The van der Waals surface area contributed by atoms with Crippen molar-refractivity contribution in [2.24, 2.45) is 5.73 Å². The van der Waals surface area contributed by atoms with Crippen LogP contribution in [0.25, 0.3) is 0 Å². The molecule has 4 heteroatoms. The van der Waals surface area contributed by atoms with E-state index in [0.29, 0.717) is 23.4 Å². The molecule has 0 heterocycles. The van der Waals surface area contributed by atoms with Gasteiger partial charge in [-0.1, -0.05) is 11.8 Å². The van der Waals surface area contributed by atoms with Crippen LogP contribution < -0.4 is 11.1 Å². The highest BCUT2D eigenvalue weighted by atomic mass is 32.2. The molecule has 3 N–H and O–H groups in total. The Balaban J connectivity index is 2.01.